The predicted octanol–water partition coefficient (Wildman–Crippen LogP) is 3.60. The number of carbonyl (C=O) groups excluding carboxylic acids is 1. The van der Waals surface area contributed by atoms with Crippen molar-refractivity contribution < 1.29 is 4.79 Å². The molecule has 0 bridgehead atoms. The second-order valence-electron chi connectivity index (χ2n) is 6.13. The molecule has 3 rings (SSSR count). The molecule has 1 fully saturated rings. The van der Waals surface area contributed by atoms with Gasteiger partial charge in [-0.15, -0.1) is 11.3 Å². The zero-order valence-corrected chi connectivity index (χ0v) is 17.0. The topological polar surface area (TPSA) is 35.6 Å². The molecule has 0 aliphatic carbocycles. The van der Waals surface area contributed by atoms with Crippen LogP contribution in [0.15, 0.2) is 40.2 Å². The molecule has 25 heavy (non-hydrogen) atoms. The fraction of sp³-hybridized carbons (Fsp3) is 0.389. The highest BCUT2D eigenvalue weighted by Crippen LogP contribution is 2.23. The third-order valence-electron chi connectivity index (χ3n) is 4.27. The molecule has 2 heterocycles. The quantitative estimate of drug-likeness (QED) is 0.742. The van der Waals surface area contributed by atoms with Crippen LogP contribution in [-0.4, -0.2) is 48.4 Å². The molecule has 1 aromatic carbocycles. The van der Waals surface area contributed by atoms with Crippen molar-refractivity contribution in [2.45, 2.75) is 13.1 Å². The second kappa shape index (κ2) is 9.14. The summed E-state index contributed by atoms with van der Waals surface area (Å²) in [5.74, 6) is 0.0514. The Morgan fingerprint density at radius 3 is 2.52 bits per heavy atom. The Bertz CT molecular complexity index is 716. The molecule has 1 saturated heterocycles. The number of rotatable bonds is 6. The Labute approximate surface area is 165 Å². The van der Waals surface area contributed by atoms with Crippen molar-refractivity contribution in [3.63, 3.8) is 0 Å². The van der Waals surface area contributed by atoms with Gasteiger partial charge >= 0.3 is 0 Å². The first-order valence-corrected chi connectivity index (χ1v) is 10.3. The number of hydrogen-bond donors (Lipinski definition) is 1. The van der Waals surface area contributed by atoms with Crippen LogP contribution in [0.2, 0.25) is 5.02 Å². The van der Waals surface area contributed by atoms with Crippen LogP contribution in [0.1, 0.15) is 10.4 Å². The van der Waals surface area contributed by atoms with Gasteiger partial charge in [0.15, 0.2) is 0 Å². The van der Waals surface area contributed by atoms with Crippen LogP contribution < -0.4 is 5.32 Å². The van der Waals surface area contributed by atoms with Crippen LogP contribution in [0.25, 0.3) is 0 Å². The fourth-order valence-electron chi connectivity index (χ4n) is 2.86. The molecule has 4 nitrogen and oxygen atoms in total. The van der Waals surface area contributed by atoms with Gasteiger partial charge in [-0.3, -0.25) is 14.6 Å². The summed E-state index contributed by atoms with van der Waals surface area (Å²) in [6.45, 7) is 5.75. The highest BCUT2D eigenvalue weighted by atomic mass is 79.9. The Morgan fingerprint density at radius 2 is 1.84 bits per heavy atom. The third-order valence-corrected chi connectivity index (χ3v) is 6.25. The van der Waals surface area contributed by atoms with Gasteiger partial charge in [-0.05, 0) is 39.7 Å². The number of halogens is 2. The lowest BCUT2D eigenvalue weighted by atomic mass is 10.2. The van der Waals surface area contributed by atoms with Gasteiger partial charge in [-0.1, -0.05) is 29.8 Å². The molecule has 1 N–H and O–H groups in total. The number of nitrogens with zero attached hydrogens (tertiary/aromatic N) is 2. The van der Waals surface area contributed by atoms with Gasteiger partial charge in [0.2, 0.25) is 5.91 Å². The van der Waals surface area contributed by atoms with Gasteiger partial charge in [0, 0.05) is 49.2 Å². The maximum absolute atomic E-state index is 12.2. The molecule has 1 aliphatic rings. The van der Waals surface area contributed by atoms with E-state index in [-0.39, 0.29) is 5.91 Å². The van der Waals surface area contributed by atoms with Crippen molar-refractivity contribution in [3.05, 3.63) is 55.6 Å². The van der Waals surface area contributed by atoms with Crippen LogP contribution in [0.4, 0.5) is 0 Å². The van der Waals surface area contributed by atoms with Crippen LogP contribution >= 0.6 is 38.9 Å². The highest BCUT2D eigenvalue weighted by Gasteiger charge is 2.19. The number of thiophene rings is 1. The van der Waals surface area contributed by atoms with Crippen LogP contribution in [0.3, 0.4) is 0 Å². The van der Waals surface area contributed by atoms with Gasteiger partial charge in [-0.2, -0.15) is 0 Å². The van der Waals surface area contributed by atoms with E-state index in [9.17, 15) is 4.79 Å². The minimum absolute atomic E-state index is 0.0514. The molecule has 1 aromatic heterocycles. The van der Waals surface area contributed by atoms with E-state index in [1.54, 1.807) is 11.3 Å². The van der Waals surface area contributed by atoms with Gasteiger partial charge < -0.3 is 5.32 Å². The SMILES string of the molecule is O=C(CN1CCN(Cc2ccc(Br)s2)CC1)NCc1ccccc1Cl. The average molecular weight is 443 g/mol. The van der Waals surface area contributed by atoms with Gasteiger partial charge in [-0.25, -0.2) is 0 Å². The molecule has 0 unspecified atom stereocenters. The highest BCUT2D eigenvalue weighted by molar-refractivity contribution is 9.11. The predicted molar refractivity (Wildman–Crippen MR) is 107 cm³/mol. The number of carbonyl (C=O) groups is 1. The number of amides is 1. The van der Waals surface area contributed by atoms with Crippen molar-refractivity contribution in [1.29, 1.82) is 0 Å². The average Bonchev–Trinajstić information content (AvgIpc) is 3.01. The van der Waals surface area contributed by atoms with Crippen LogP contribution in [0, 0.1) is 0 Å². The number of benzene rings is 1. The van der Waals surface area contributed by atoms with E-state index < -0.39 is 0 Å². The van der Waals surface area contributed by atoms with E-state index in [2.05, 4.69) is 43.2 Å². The maximum atomic E-state index is 12.2. The maximum Gasteiger partial charge on any atom is 0.234 e. The zero-order chi connectivity index (χ0) is 17.6. The minimum atomic E-state index is 0.0514. The number of hydrogen-bond acceptors (Lipinski definition) is 4. The molecule has 2 aromatic rings. The second-order valence-corrected chi connectivity index (χ2v) is 9.08. The lowest BCUT2D eigenvalue weighted by Crippen LogP contribution is -2.48. The van der Waals surface area contributed by atoms with Gasteiger partial charge in [0.25, 0.3) is 0 Å². The minimum Gasteiger partial charge on any atom is -0.351 e. The van der Waals surface area contributed by atoms with Crippen molar-refractivity contribution in [3.8, 4) is 0 Å². The molecule has 0 spiro atoms. The largest absolute Gasteiger partial charge is 0.351 e. The monoisotopic (exact) mass is 441 g/mol. The molecular weight excluding hydrogens is 422 g/mol. The van der Waals surface area contributed by atoms with E-state index in [0.717, 1.165) is 38.3 Å². The fourth-order valence-corrected chi connectivity index (χ4v) is 4.59. The van der Waals surface area contributed by atoms with Crippen LogP contribution in [-0.2, 0) is 17.9 Å². The van der Waals surface area contributed by atoms with Crippen molar-refractivity contribution >= 4 is 44.8 Å². The molecule has 0 atom stereocenters. The standard InChI is InChI=1S/C18H21BrClN3OS/c19-17-6-5-15(25-17)12-22-7-9-23(10-8-22)13-18(24)21-11-14-3-1-2-4-16(14)20/h1-6H,7-13H2,(H,21,24). The Hall–Kier alpha value is -0.920. The van der Waals surface area contributed by atoms with Crippen molar-refractivity contribution in [2.24, 2.45) is 0 Å². The summed E-state index contributed by atoms with van der Waals surface area (Å²) in [6.07, 6.45) is 0. The van der Waals surface area contributed by atoms with Gasteiger partial charge in [0.05, 0.1) is 10.3 Å². The summed E-state index contributed by atoms with van der Waals surface area (Å²) in [5.41, 5.74) is 0.949. The summed E-state index contributed by atoms with van der Waals surface area (Å²) >= 11 is 11.4. The first kappa shape index (κ1) is 18.9. The Balaban J connectivity index is 1.38. The Kier molecular flexibility index (Phi) is 6.90. The van der Waals surface area contributed by atoms with Crippen LogP contribution in [0.5, 0.6) is 0 Å². The summed E-state index contributed by atoms with van der Waals surface area (Å²) in [4.78, 5) is 18.2. The molecule has 7 heteroatoms. The normalized spacial score (nSPS) is 16.1. The molecule has 1 aliphatic heterocycles. The molecule has 1 amide bonds. The summed E-state index contributed by atoms with van der Waals surface area (Å²) in [6, 6.07) is 11.9. The summed E-state index contributed by atoms with van der Waals surface area (Å²) in [7, 11) is 0. The van der Waals surface area contributed by atoms with E-state index in [4.69, 9.17) is 11.6 Å². The van der Waals surface area contributed by atoms with Crippen molar-refractivity contribution in [1.82, 2.24) is 15.1 Å². The summed E-state index contributed by atoms with van der Waals surface area (Å²) < 4.78 is 1.18. The molecule has 0 saturated carbocycles. The number of nitrogens with one attached hydrogen (secondary N) is 1. The lowest BCUT2D eigenvalue weighted by molar-refractivity contribution is -0.122. The van der Waals surface area contributed by atoms with E-state index >= 15 is 0 Å². The number of piperazine rings is 1. The van der Waals surface area contributed by atoms with Crippen molar-refractivity contribution in [2.75, 3.05) is 32.7 Å². The first-order chi connectivity index (χ1) is 12.1. The smallest absolute Gasteiger partial charge is 0.234 e. The molecule has 134 valence electrons. The summed E-state index contributed by atoms with van der Waals surface area (Å²) in [5, 5.41) is 3.65. The third kappa shape index (κ3) is 5.79. The van der Waals surface area contributed by atoms with E-state index in [1.807, 2.05) is 24.3 Å². The molecular formula is C18H21BrClN3OS. The molecule has 0 radical (unpaired) electrons. The Morgan fingerprint density at radius 1 is 1.12 bits per heavy atom. The first-order valence-electron chi connectivity index (χ1n) is 8.29. The van der Waals surface area contributed by atoms with E-state index in [0.29, 0.717) is 18.1 Å². The van der Waals surface area contributed by atoms with Gasteiger partial charge in [0.1, 0.15) is 0 Å². The lowest BCUT2D eigenvalue weighted by Gasteiger charge is -2.34. The van der Waals surface area contributed by atoms with E-state index in [1.165, 1.54) is 8.66 Å². The zero-order valence-electron chi connectivity index (χ0n) is 13.9.